The number of unbranched alkanes of at least 4 members (excludes halogenated alkanes) is 1. The zero-order valence-electron chi connectivity index (χ0n) is 13.1. The number of H-pyrrole nitrogens is 1. The van der Waals surface area contributed by atoms with Gasteiger partial charge in [0.1, 0.15) is 0 Å². The molecule has 5 heteroatoms. The average Bonchev–Trinajstić information content (AvgIpc) is 2.95. The van der Waals surface area contributed by atoms with E-state index in [1.54, 1.807) is 13.3 Å². The van der Waals surface area contributed by atoms with Gasteiger partial charge in [0.15, 0.2) is 0 Å². The number of para-hydroxylation sites is 1. The molecule has 2 aromatic heterocycles. The summed E-state index contributed by atoms with van der Waals surface area (Å²) in [7, 11) is 1.63. The second-order valence-electron chi connectivity index (χ2n) is 5.45. The molecule has 0 radical (unpaired) electrons. The molecule has 0 fully saturated rings. The highest BCUT2D eigenvalue weighted by Gasteiger charge is 2.17. The number of aryl methyl sites for hydroxylation is 1. The number of hydrogen-bond acceptors (Lipinski definition) is 3. The van der Waals surface area contributed by atoms with Crippen LogP contribution in [-0.2, 0) is 6.42 Å². The summed E-state index contributed by atoms with van der Waals surface area (Å²) >= 11 is 6.37. The topological polar surface area (TPSA) is 63.9 Å². The summed E-state index contributed by atoms with van der Waals surface area (Å²) < 4.78 is 5.42. The lowest BCUT2D eigenvalue weighted by molar-refractivity contribution is 0.399. The Hall–Kier alpha value is -2.04. The van der Waals surface area contributed by atoms with E-state index in [4.69, 9.17) is 22.1 Å². The van der Waals surface area contributed by atoms with E-state index < -0.39 is 0 Å². The van der Waals surface area contributed by atoms with Crippen molar-refractivity contribution in [3.63, 3.8) is 0 Å². The van der Waals surface area contributed by atoms with E-state index in [9.17, 15) is 0 Å². The smallest absolute Gasteiger partial charge is 0.222 e. The lowest BCUT2D eigenvalue weighted by Gasteiger charge is -2.08. The molecule has 1 aromatic carbocycles. The van der Waals surface area contributed by atoms with Crippen LogP contribution in [0.4, 0.5) is 0 Å². The van der Waals surface area contributed by atoms with Gasteiger partial charge in [0, 0.05) is 11.6 Å². The molecule has 0 aliphatic rings. The minimum absolute atomic E-state index is 0.607. The number of methoxy groups -OCH3 is 1. The summed E-state index contributed by atoms with van der Waals surface area (Å²) in [5.41, 5.74) is 9.81. The van der Waals surface area contributed by atoms with E-state index >= 15 is 0 Å². The standard InChI is InChI=1S/C18H20ClN3O/c1-23-18-14(8-5-11-21-18)16-12(6-2-3-10-20)13-7-4-9-15(19)17(13)22-16/h4-5,7-9,11,22H,2-3,6,10,20H2,1H3. The largest absolute Gasteiger partial charge is 0.481 e. The molecular weight excluding hydrogens is 310 g/mol. The summed E-state index contributed by atoms with van der Waals surface area (Å²) in [6.07, 6.45) is 4.69. The Morgan fingerprint density at radius 2 is 2.09 bits per heavy atom. The van der Waals surface area contributed by atoms with Crippen LogP contribution in [0, 0.1) is 0 Å². The third kappa shape index (κ3) is 3.05. The van der Waals surface area contributed by atoms with Crippen molar-refractivity contribution >= 4 is 22.5 Å². The zero-order chi connectivity index (χ0) is 16.2. The van der Waals surface area contributed by atoms with Crippen LogP contribution in [-0.4, -0.2) is 23.6 Å². The van der Waals surface area contributed by atoms with Crippen LogP contribution < -0.4 is 10.5 Å². The van der Waals surface area contributed by atoms with E-state index in [1.807, 2.05) is 24.3 Å². The quantitative estimate of drug-likeness (QED) is 0.667. The predicted octanol–water partition coefficient (Wildman–Crippen LogP) is 4.17. The number of nitrogens with zero attached hydrogens (tertiary/aromatic N) is 1. The highest BCUT2D eigenvalue weighted by molar-refractivity contribution is 6.35. The molecule has 0 bridgehead atoms. The lowest BCUT2D eigenvalue weighted by Crippen LogP contribution is -1.99. The van der Waals surface area contributed by atoms with Crippen LogP contribution in [0.2, 0.25) is 5.02 Å². The molecule has 0 saturated carbocycles. The molecule has 0 atom stereocenters. The Morgan fingerprint density at radius 3 is 2.87 bits per heavy atom. The second-order valence-corrected chi connectivity index (χ2v) is 5.85. The molecule has 120 valence electrons. The summed E-state index contributed by atoms with van der Waals surface area (Å²) in [5, 5.41) is 1.87. The Bertz CT molecular complexity index is 813. The van der Waals surface area contributed by atoms with Gasteiger partial charge in [-0.15, -0.1) is 0 Å². The Balaban J connectivity index is 2.18. The van der Waals surface area contributed by atoms with Crippen molar-refractivity contribution in [2.75, 3.05) is 13.7 Å². The molecule has 0 spiro atoms. The zero-order valence-corrected chi connectivity index (χ0v) is 13.9. The Labute approximate surface area is 140 Å². The number of fused-ring (bicyclic) bond motifs is 1. The van der Waals surface area contributed by atoms with Crippen LogP contribution in [0.5, 0.6) is 5.88 Å². The van der Waals surface area contributed by atoms with Gasteiger partial charge in [-0.3, -0.25) is 0 Å². The molecule has 0 amide bonds. The average molecular weight is 330 g/mol. The van der Waals surface area contributed by atoms with Crippen molar-refractivity contribution in [3.8, 4) is 17.1 Å². The fourth-order valence-electron chi connectivity index (χ4n) is 2.92. The normalized spacial score (nSPS) is 11.1. The van der Waals surface area contributed by atoms with E-state index in [0.29, 0.717) is 12.4 Å². The van der Waals surface area contributed by atoms with Crippen molar-refractivity contribution in [3.05, 3.63) is 47.1 Å². The molecular formula is C18H20ClN3O. The monoisotopic (exact) mass is 329 g/mol. The highest BCUT2D eigenvalue weighted by Crippen LogP contribution is 2.37. The summed E-state index contributed by atoms with van der Waals surface area (Å²) in [6, 6.07) is 9.90. The first-order valence-corrected chi connectivity index (χ1v) is 8.12. The highest BCUT2D eigenvalue weighted by atomic mass is 35.5. The van der Waals surface area contributed by atoms with Crippen molar-refractivity contribution in [2.24, 2.45) is 5.73 Å². The summed E-state index contributed by atoms with van der Waals surface area (Å²) in [4.78, 5) is 7.78. The lowest BCUT2D eigenvalue weighted by atomic mass is 10.0. The molecule has 3 rings (SSSR count). The van der Waals surface area contributed by atoms with E-state index in [-0.39, 0.29) is 0 Å². The summed E-state index contributed by atoms with van der Waals surface area (Å²) in [5.74, 6) is 0.607. The molecule has 3 N–H and O–H groups in total. The van der Waals surface area contributed by atoms with Gasteiger partial charge < -0.3 is 15.5 Å². The van der Waals surface area contributed by atoms with E-state index in [2.05, 4.69) is 16.0 Å². The molecule has 4 nitrogen and oxygen atoms in total. The third-order valence-corrected chi connectivity index (χ3v) is 4.32. The minimum Gasteiger partial charge on any atom is -0.481 e. The van der Waals surface area contributed by atoms with E-state index in [1.165, 1.54) is 5.56 Å². The third-order valence-electron chi connectivity index (χ3n) is 4.01. The van der Waals surface area contributed by atoms with Crippen molar-refractivity contribution in [1.82, 2.24) is 9.97 Å². The van der Waals surface area contributed by atoms with Crippen LogP contribution in [0.15, 0.2) is 36.5 Å². The second kappa shape index (κ2) is 7.02. The first-order valence-electron chi connectivity index (χ1n) is 7.74. The van der Waals surface area contributed by atoms with Gasteiger partial charge in [0.05, 0.1) is 28.9 Å². The number of halogens is 1. The maximum absolute atomic E-state index is 6.37. The number of hydrogen-bond donors (Lipinski definition) is 2. The van der Waals surface area contributed by atoms with Crippen LogP contribution in [0.3, 0.4) is 0 Å². The number of aromatic nitrogens is 2. The van der Waals surface area contributed by atoms with Gasteiger partial charge in [-0.1, -0.05) is 23.7 Å². The fourth-order valence-corrected chi connectivity index (χ4v) is 3.14. The fraction of sp³-hybridized carbons (Fsp3) is 0.278. The molecule has 3 aromatic rings. The molecule has 2 heterocycles. The van der Waals surface area contributed by atoms with Gasteiger partial charge in [-0.2, -0.15) is 0 Å². The Morgan fingerprint density at radius 1 is 1.22 bits per heavy atom. The van der Waals surface area contributed by atoms with Crippen LogP contribution in [0.1, 0.15) is 18.4 Å². The Kier molecular flexibility index (Phi) is 4.84. The molecule has 23 heavy (non-hydrogen) atoms. The van der Waals surface area contributed by atoms with Crippen LogP contribution in [0.25, 0.3) is 22.2 Å². The number of pyridine rings is 1. The van der Waals surface area contributed by atoms with Crippen molar-refractivity contribution < 1.29 is 4.74 Å². The first kappa shape index (κ1) is 15.8. The number of ether oxygens (including phenoxy) is 1. The molecule has 0 aliphatic carbocycles. The summed E-state index contributed by atoms with van der Waals surface area (Å²) in [6.45, 7) is 0.703. The number of nitrogens with one attached hydrogen (secondary N) is 1. The first-order chi connectivity index (χ1) is 11.3. The van der Waals surface area contributed by atoms with Gasteiger partial charge >= 0.3 is 0 Å². The van der Waals surface area contributed by atoms with Gasteiger partial charge in [-0.05, 0) is 49.6 Å². The SMILES string of the molecule is COc1ncccc1-c1[nH]c2c(Cl)cccc2c1CCCCN. The van der Waals surface area contributed by atoms with Gasteiger partial charge in [0.2, 0.25) is 5.88 Å². The predicted molar refractivity (Wildman–Crippen MR) is 95.1 cm³/mol. The number of benzene rings is 1. The number of aromatic amines is 1. The van der Waals surface area contributed by atoms with E-state index in [0.717, 1.165) is 46.4 Å². The molecule has 0 saturated heterocycles. The number of nitrogens with two attached hydrogens (primary N) is 1. The molecule has 0 aliphatic heterocycles. The maximum Gasteiger partial charge on any atom is 0.222 e. The minimum atomic E-state index is 0.607. The molecule has 0 unspecified atom stereocenters. The van der Waals surface area contributed by atoms with Crippen molar-refractivity contribution in [2.45, 2.75) is 19.3 Å². The van der Waals surface area contributed by atoms with Crippen molar-refractivity contribution in [1.29, 1.82) is 0 Å². The van der Waals surface area contributed by atoms with Gasteiger partial charge in [-0.25, -0.2) is 4.98 Å². The maximum atomic E-state index is 6.37. The number of rotatable bonds is 6. The van der Waals surface area contributed by atoms with Gasteiger partial charge in [0.25, 0.3) is 0 Å². The van der Waals surface area contributed by atoms with Crippen LogP contribution >= 0.6 is 11.6 Å².